The number of piperidine rings is 1. The molecule has 4 heteroatoms. The van der Waals surface area contributed by atoms with Gasteiger partial charge >= 0.3 is 0 Å². The summed E-state index contributed by atoms with van der Waals surface area (Å²) in [7, 11) is 0. The number of carbonyl (C=O) groups excluding carboxylic acids is 1. The molecule has 3 nitrogen and oxygen atoms in total. The molecule has 1 amide bonds. The van der Waals surface area contributed by atoms with Crippen LogP contribution in [0.5, 0.6) is 0 Å². The van der Waals surface area contributed by atoms with E-state index < -0.39 is 5.82 Å². The molecule has 1 aromatic carbocycles. The zero-order valence-corrected chi connectivity index (χ0v) is 10.8. The summed E-state index contributed by atoms with van der Waals surface area (Å²) in [5.41, 5.74) is 6.00. The molecule has 0 radical (unpaired) electrons. The molecular weight excluding hydrogens is 231 g/mol. The highest BCUT2D eigenvalue weighted by Crippen LogP contribution is 2.24. The first-order chi connectivity index (χ1) is 8.49. The largest absolute Gasteiger partial charge is 0.396 e. The lowest BCUT2D eigenvalue weighted by molar-refractivity contribution is 0.0574. The minimum absolute atomic E-state index is 0.0264. The second-order valence-corrected chi connectivity index (χ2v) is 5.23. The number of hydrogen-bond donors (Lipinski definition) is 1. The number of halogens is 1. The number of hydrogen-bond acceptors (Lipinski definition) is 2. The molecule has 1 fully saturated rings. The van der Waals surface area contributed by atoms with Gasteiger partial charge in [0.1, 0.15) is 5.82 Å². The first-order valence-corrected chi connectivity index (χ1v) is 6.35. The molecule has 98 valence electrons. The number of amides is 1. The fourth-order valence-electron chi connectivity index (χ4n) is 2.41. The lowest BCUT2D eigenvalue weighted by Gasteiger charge is -2.36. The summed E-state index contributed by atoms with van der Waals surface area (Å²) in [5.74, 6) is -0.0182. The van der Waals surface area contributed by atoms with Crippen molar-refractivity contribution in [3.05, 3.63) is 29.6 Å². The summed E-state index contributed by atoms with van der Waals surface area (Å²) in [6.45, 7) is 4.96. The van der Waals surface area contributed by atoms with Gasteiger partial charge in [0.05, 0.1) is 5.69 Å². The molecule has 2 rings (SSSR count). The maximum atomic E-state index is 13.1. The fourth-order valence-corrected chi connectivity index (χ4v) is 2.41. The average Bonchev–Trinajstić information content (AvgIpc) is 2.35. The van der Waals surface area contributed by atoms with E-state index in [4.69, 9.17) is 5.73 Å². The van der Waals surface area contributed by atoms with Crippen LogP contribution in [0.15, 0.2) is 18.2 Å². The summed E-state index contributed by atoms with van der Waals surface area (Å²) in [4.78, 5) is 14.2. The standard InChI is InChI=1S/C14H19FN2O/c1-9-3-4-10(2)17(8-9)14(18)11-5-6-12(15)13(16)7-11/h5-7,9-10H,3-4,8,16H2,1-2H3. The zero-order chi connectivity index (χ0) is 13.3. The van der Waals surface area contributed by atoms with Gasteiger partial charge in [-0.05, 0) is 43.9 Å². The molecule has 1 aliphatic heterocycles. The average molecular weight is 250 g/mol. The molecule has 2 atom stereocenters. The van der Waals surface area contributed by atoms with Crippen molar-refractivity contribution in [1.29, 1.82) is 0 Å². The van der Waals surface area contributed by atoms with E-state index in [0.717, 1.165) is 19.4 Å². The third kappa shape index (κ3) is 2.47. The molecule has 2 unspecified atom stereocenters. The van der Waals surface area contributed by atoms with Gasteiger partial charge in [0.2, 0.25) is 0 Å². The summed E-state index contributed by atoms with van der Waals surface area (Å²) in [6.07, 6.45) is 2.17. The number of likely N-dealkylation sites (tertiary alicyclic amines) is 1. The van der Waals surface area contributed by atoms with Crippen LogP contribution in [0.4, 0.5) is 10.1 Å². The van der Waals surface area contributed by atoms with Crippen molar-refractivity contribution in [2.75, 3.05) is 12.3 Å². The van der Waals surface area contributed by atoms with Crippen LogP contribution < -0.4 is 5.73 Å². The normalized spacial score (nSPS) is 24.1. The van der Waals surface area contributed by atoms with Gasteiger partial charge in [-0.2, -0.15) is 0 Å². The number of anilines is 1. The molecule has 1 aromatic rings. The Balaban J connectivity index is 2.21. The molecule has 1 heterocycles. The van der Waals surface area contributed by atoms with E-state index in [0.29, 0.717) is 11.5 Å². The molecule has 0 spiro atoms. The zero-order valence-electron chi connectivity index (χ0n) is 10.8. The van der Waals surface area contributed by atoms with Gasteiger partial charge in [0, 0.05) is 18.2 Å². The van der Waals surface area contributed by atoms with Gasteiger partial charge in [0.25, 0.3) is 5.91 Å². The van der Waals surface area contributed by atoms with Crippen LogP contribution >= 0.6 is 0 Å². The minimum atomic E-state index is -0.480. The highest BCUT2D eigenvalue weighted by atomic mass is 19.1. The minimum Gasteiger partial charge on any atom is -0.396 e. The smallest absolute Gasteiger partial charge is 0.254 e. The molecular formula is C14H19FN2O. The number of nitrogens with zero attached hydrogens (tertiary/aromatic N) is 1. The van der Waals surface area contributed by atoms with E-state index in [2.05, 4.69) is 13.8 Å². The number of benzene rings is 1. The van der Waals surface area contributed by atoms with Crippen molar-refractivity contribution in [2.24, 2.45) is 5.92 Å². The van der Waals surface area contributed by atoms with E-state index >= 15 is 0 Å². The van der Waals surface area contributed by atoms with Crippen LogP contribution in [0.2, 0.25) is 0 Å². The van der Waals surface area contributed by atoms with E-state index in [1.807, 2.05) is 4.90 Å². The molecule has 1 saturated heterocycles. The number of nitrogens with two attached hydrogens (primary N) is 1. The van der Waals surface area contributed by atoms with Crippen LogP contribution in [-0.2, 0) is 0 Å². The molecule has 0 aliphatic carbocycles. The lowest BCUT2D eigenvalue weighted by Crippen LogP contribution is -2.44. The van der Waals surface area contributed by atoms with Crippen molar-refractivity contribution in [3.63, 3.8) is 0 Å². The quantitative estimate of drug-likeness (QED) is 0.779. The first kappa shape index (κ1) is 12.9. The van der Waals surface area contributed by atoms with Crippen LogP contribution in [0.1, 0.15) is 37.0 Å². The SMILES string of the molecule is CC1CCC(C)N(C(=O)c2ccc(F)c(N)c2)C1. The van der Waals surface area contributed by atoms with E-state index in [1.165, 1.54) is 18.2 Å². The Morgan fingerprint density at radius 2 is 2.11 bits per heavy atom. The van der Waals surface area contributed by atoms with E-state index in [1.54, 1.807) is 0 Å². The molecule has 0 aromatic heterocycles. The van der Waals surface area contributed by atoms with E-state index in [9.17, 15) is 9.18 Å². The highest BCUT2D eigenvalue weighted by Gasteiger charge is 2.27. The van der Waals surface area contributed by atoms with Crippen LogP contribution in [-0.4, -0.2) is 23.4 Å². The van der Waals surface area contributed by atoms with Crippen LogP contribution in [0, 0.1) is 11.7 Å². The van der Waals surface area contributed by atoms with Crippen LogP contribution in [0.25, 0.3) is 0 Å². The Morgan fingerprint density at radius 3 is 2.78 bits per heavy atom. The predicted octanol–water partition coefficient (Wildman–Crippen LogP) is 2.67. The fraction of sp³-hybridized carbons (Fsp3) is 0.500. The Labute approximate surface area is 107 Å². The maximum Gasteiger partial charge on any atom is 0.254 e. The Morgan fingerprint density at radius 1 is 1.39 bits per heavy atom. The van der Waals surface area contributed by atoms with Gasteiger partial charge in [-0.1, -0.05) is 6.92 Å². The Bertz CT molecular complexity index is 461. The van der Waals surface area contributed by atoms with Gasteiger partial charge < -0.3 is 10.6 Å². The second kappa shape index (κ2) is 4.96. The number of carbonyl (C=O) groups is 1. The monoisotopic (exact) mass is 250 g/mol. The molecule has 2 N–H and O–H groups in total. The van der Waals surface area contributed by atoms with Gasteiger partial charge in [-0.3, -0.25) is 4.79 Å². The number of nitrogen functional groups attached to an aromatic ring is 1. The third-order valence-corrected chi connectivity index (χ3v) is 3.62. The first-order valence-electron chi connectivity index (χ1n) is 6.35. The molecule has 1 aliphatic rings. The van der Waals surface area contributed by atoms with Gasteiger partial charge in [-0.15, -0.1) is 0 Å². The Hall–Kier alpha value is -1.58. The molecule has 0 bridgehead atoms. The highest BCUT2D eigenvalue weighted by molar-refractivity contribution is 5.95. The van der Waals surface area contributed by atoms with E-state index in [-0.39, 0.29) is 17.6 Å². The number of rotatable bonds is 1. The Kier molecular flexibility index (Phi) is 3.55. The van der Waals surface area contributed by atoms with Crippen molar-refractivity contribution < 1.29 is 9.18 Å². The van der Waals surface area contributed by atoms with Crippen molar-refractivity contribution in [1.82, 2.24) is 4.90 Å². The van der Waals surface area contributed by atoms with Crippen molar-refractivity contribution in [3.8, 4) is 0 Å². The maximum absolute atomic E-state index is 13.1. The molecule has 0 saturated carbocycles. The predicted molar refractivity (Wildman–Crippen MR) is 69.7 cm³/mol. The summed E-state index contributed by atoms with van der Waals surface area (Å²) in [6, 6.07) is 4.41. The lowest BCUT2D eigenvalue weighted by atomic mass is 9.94. The molecule has 18 heavy (non-hydrogen) atoms. The second-order valence-electron chi connectivity index (χ2n) is 5.23. The van der Waals surface area contributed by atoms with Gasteiger partial charge in [-0.25, -0.2) is 4.39 Å². The van der Waals surface area contributed by atoms with Crippen molar-refractivity contribution in [2.45, 2.75) is 32.7 Å². The van der Waals surface area contributed by atoms with Crippen molar-refractivity contribution >= 4 is 11.6 Å². The summed E-state index contributed by atoms with van der Waals surface area (Å²) in [5, 5.41) is 0. The van der Waals surface area contributed by atoms with Gasteiger partial charge in [0.15, 0.2) is 0 Å². The summed E-state index contributed by atoms with van der Waals surface area (Å²) >= 11 is 0. The summed E-state index contributed by atoms with van der Waals surface area (Å²) < 4.78 is 13.1. The van der Waals surface area contributed by atoms with Crippen LogP contribution in [0.3, 0.4) is 0 Å². The third-order valence-electron chi connectivity index (χ3n) is 3.62. The topological polar surface area (TPSA) is 46.3 Å².